The monoisotopic (exact) mass is 307 g/mol. The molecule has 0 bridgehead atoms. The standard InChI is InChI=1S/C12H25N3O2S2/c1-4-19(16,17)9-7-14-11(13-3)15-10-12(2)6-5-8-18-12/h4-10H2,1-3H3,(H2,13,14,15). The highest BCUT2D eigenvalue weighted by atomic mass is 32.2. The first-order chi connectivity index (χ1) is 8.91. The topological polar surface area (TPSA) is 70.6 Å². The van der Waals surface area contributed by atoms with Crippen LogP contribution in [0.25, 0.3) is 0 Å². The molecule has 1 aliphatic rings. The summed E-state index contributed by atoms with van der Waals surface area (Å²) in [6, 6.07) is 0. The highest BCUT2D eigenvalue weighted by molar-refractivity contribution is 8.00. The molecule has 1 heterocycles. The predicted octanol–water partition coefficient (Wildman–Crippen LogP) is 0.872. The lowest BCUT2D eigenvalue weighted by Crippen LogP contribution is -2.44. The molecule has 0 radical (unpaired) electrons. The third-order valence-electron chi connectivity index (χ3n) is 3.30. The van der Waals surface area contributed by atoms with E-state index in [-0.39, 0.29) is 16.3 Å². The summed E-state index contributed by atoms with van der Waals surface area (Å²) in [6.45, 7) is 5.19. The van der Waals surface area contributed by atoms with E-state index in [4.69, 9.17) is 0 Å². The van der Waals surface area contributed by atoms with Crippen LogP contribution >= 0.6 is 11.8 Å². The van der Waals surface area contributed by atoms with Crippen molar-refractivity contribution in [3.05, 3.63) is 0 Å². The minimum atomic E-state index is -2.92. The maximum Gasteiger partial charge on any atom is 0.191 e. The first-order valence-electron chi connectivity index (χ1n) is 6.70. The van der Waals surface area contributed by atoms with Gasteiger partial charge in [-0.1, -0.05) is 6.92 Å². The molecule has 0 spiro atoms. The van der Waals surface area contributed by atoms with Crippen LogP contribution in [0.4, 0.5) is 0 Å². The Labute approximate surface area is 120 Å². The summed E-state index contributed by atoms with van der Waals surface area (Å²) in [6.07, 6.45) is 2.48. The number of nitrogens with one attached hydrogen (secondary N) is 2. The van der Waals surface area contributed by atoms with Gasteiger partial charge in [0, 0.05) is 30.6 Å². The second-order valence-electron chi connectivity index (χ2n) is 4.99. The van der Waals surface area contributed by atoms with Gasteiger partial charge in [-0.3, -0.25) is 4.99 Å². The first kappa shape index (κ1) is 16.6. The Bertz CT molecular complexity index is 401. The molecule has 0 saturated carbocycles. The van der Waals surface area contributed by atoms with Crippen molar-refractivity contribution in [2.24, 2.45) is 4.99 Å². The van der Waals surface area contributed by atoms with Gasteiger partial charge in [0.05, 0.1) is 5.75 Å². The van der Waals surface area contributed by atoms with Crippen molar-refractivity contribution in [1.29, 1.82) is 0 Å². The van der Waals surface area contributed by atoms with Gasteiger partial charge in [0.2, 0.25) is 0 Å². The molecule has 1 fully saturated rings. The van der Waals surface area contributed by atoms with Crippen LogP contribution in [0.15, 0.2) is 4.99 Å². The van der Waals surface area contributed by atoms with E-state index in [0.29, 0.717) is 12.5 Å². The second-order valence-corrected chi connectivity index (χ2v) is 9.15. The molecule has 1 rings (SSSR count). The molecule has 0 aromatic rings. The van der Waals surface area contributed by atoms with Crippen molar-refractivity contribution in [3.63, 3.8) is 0 Å². The van der Waals surface area contributed by atoms with Crippen molar-refractivity contribution in [3.8, 4) is 0 Å². The van der Waals surface area contributed by atoms with Gasteiger partial charge in [-0.25, -0.2) is 8.42 Å². The Kier molecular flexibility index (Phi) is 6.46. The van der Waals surface area contributed by atoms with Gasteiger partial charge in [-0.15, -0.1) is 0 Å². The zero-order valence-electron chi connectivity index (χ0n) is 12.0. The molecule has 1 atom stereocenters. The lowest BCUT2D eigenvalue weighted by Gasteiger charge is -2.24. The van der Waals surface area contributed by atoms with Crippen molar-refractivity contribution < 1.29 is 8.42 Å². The molecule has 2 N–H and O–H groups in total. The van der Waals surface area contributed by atoms with Gasteiger partial charge >= 0.3 is 0 Å². The normalized spacial score (nSPS) is 24.5. The molecule has 0 aliphatic carbocycles. The van der Waals surface area contributed by atoms with Crippen LogP contribution in [-0.4, -0.2) is 56.5 Å². The van der Waals surface area contributed by atoms with Gasteiger partial charge in [0.15, 0.2) is 15.8 Å². The molecule has 1 aliphatic heterocycles. The van der Waals surface area contributed by atoms with Crippen LogP contribution in [0.5, 0.6) is 0 Å². The van der Waals surface area contributed by atoms with Gasteiger partial charge in [-0.05, 0) is 25.5 Å². The van der Waals surface area contributed by atoms with E-state index in [1.54, 1.807) is 14.0 Å². The quantitative estimate of drug-likeness (QED) is 0.563. The zero-order valence-corrected chi connectivity index (χ0v) is 13.7. The van der Waals surface area contributed by atoms with Gasteiger partial charge in [0.1, 0.15) is 0 Å². The third-order valence-corrected chi connectivity index (χ3v) is 6.54. The Morgan fingerprint density at radius 2 is 2.16 bits per heavy atom. The number of sulfone groups is 1. The SMILES string of the molecule is CCS(=O)(=O)CCNC(=NC)NCC1(C)CCCS1. The average Bonchev–Trinajstić information content (AvgIpc) is 2.81. The number of hydrogen-bond donors (Lipinski definition) is 2. The van der Waals surface area contributed by atoms with Crippen LogP contribution in [0, 0.1) is 0 Å². The maximum atomic E-state index is 11.4. The predicted molar refractivity (Wildman–Crippen MR) is 83.8 cm³/mol. The van der Waals surface area contributed by atoms with Crippen molar-refractivity contribution in [1.82, 2.24) is 10.6 Å². The maximum absolute atomic E-state index is 11.4. The number of rotatable bonds is 6. The van der Waals surface area contributed by atoms with Crippen LogP contribution in [-0.2, 0) is 9.84 Å². The molecule has 5 nitrogen and oxygen atoms in total. The molecular formula is C12H25N3O2S2. The van der Waals surface area contributed by atoms with E-state index in [1.807, 2.05) is 11.8 Å². The number of thioether (sulfide) groups is 1. The Hall–Kier alpha value is -0.430. The minimum Gasteiger partial charge on any atom is -0.355 e. The molecule has 7 heteroatoms. The number of nitrogens with zero attached hydrogens (tertiary/aromatic N) is 1. The fraction of sp³-hybridized carbons (Fsp3) is 0.917. The van der Waals surface area contributed by atoms with Crippen molar-refractivity contribution in [2.45, 2.75) is 31.4 Å². The first-order valence-corrected chi connectivity index (χ1v) is 9.50. The summed E-state index contributed by atoms with van der Waals surface area (Å²) in [4.78, 5) is 4.12. The van der Waals surface area contributed by atoms with E-state index in [1.165, 1.54) is 18.6 Å². The Morgan fingerprint density at radius 1 is 1.42 bits per heavy atom. The highest BCUT2D eigenvalue weighted by Gasteiger charge is 2.29. The van der Waals surface area contributed by atoms with Crippen LogP contribution in [0.2, 0.25) is 0 Å². The van der Waals surface area contributed by atoms with E-state index >= 15 is 0 Å². The molecule has 0 aromatic carbocycles. The van der Waals surface area contributed by atoms with Gasteiger partial charge < -0.3 is 10.6 Å². The van der Waals surface area contributed by atoms with E-state index < -0.39 is 9.84 Å². The molecule has 0 amide bonds. The molecule has 112 valence electrons. The smallest absolute Gasteiger partial charge is 0.191 e. The fourth-order valence-electron chi connectivity index (χ4n) is 1.94. The molecule has 19 heavy (non-hydrogen) atoms. The van der Waals surface area contributed by atoms with Gasteiger partial charge in [-0.2, -0.15) is 11.8 Å². The summed E-state index contributed by atoms with van der Waals surface area (Å²) >= 11 is 1.99. The summed E-state index contributed by atoms with van der Waals surface area (Å²) in [7, 11) is -1.21. The molecule has 1 unspecified atom stereocenters. The van der Waals surface area contributed by atoms with Crippen LogP contribution < -0.4 is 10.6 Å². The Morgan fingerprint density at radius 3 is 2.68 bits per heavy atom. The van der Waals surface area contributed by atoms with E-state index in [2.05, 4.69) is 22.5 Å². The Balaban J connectivity index is 2.31. The fourth-order valence-corrected chi connectivity index (χ4v) is 3.88. The van der Waals surface area contributed by atoms with Crippen molar-refractivity contribution >= 4 is 27.6 Å². The van der Waals surface area contributed by atoms with Crippen molar-refractivity contribution in [2.75, 3.05) is 37.4 Å². The lowest BCUT2D eigenvalue weighted by molar-refractivity contribution is 0.583. The molecule has 0 aromatic heterocycles. The van der Waals surface area contributed by atoms with E-state index in [9.17, 15) is 8.42 Å². The van der Waals surface area contributed by atoms with Crippen LogP contribution in [0.3, 0.4) is 0 Å². The summed E-state index contributed by atoms with van der Waals surface area (Å²) in [5, 5.41) is 6.33. The number of aliphatic imine (C=N–C) groups is 1. The van der Waals surface area contributed by atoms with Crippen LogP contribution in [0.1, 0.15) is 26.7 Å². The number of guanidine groups is 1. The van der Waals surface area contributed by atoms with Gasteiger partial charge in [0.25, 0.3) is 0 Å². The summed E-state index contributed by atoms with van der Waals surface area (Å²) in [5.41, 5.74) is 0. The minimum absolute atomic E-state index is 0.149. The van der Waals surface area contributed by atoms with E-state index in [0.717, 1.165) is 6.54 Å². The summed E-state index contributed by atoms with van der Waals surface area (Å²) < 4.78 is 23.0. The molecule has 1 saturated heterocycles. The zero-order chi connectivity index (χ0) is 14.4. The highest BCUT2D eigenvalue weighted by Crippen LogP contribution is 2.36. The largest absolute Gasteiger partial charge is 0.355 e. The average molecular weight is 307 g/mol. The summed E-state index contributed by atoms with van der Waals surface area (Å²) in [5.74, 6) is 2.24. The molecular weight excluding hydrogens is 282 g/mol. The lowest BCUT2D eigenvalue weighted by atomic mass is 10.1. The second kappa shape index (κ2) is 7.38. The number of hydrogen-bond acceptors (Lipinski definition) is 4. The third kappa shape index (κ3) is 6.03.